The molecule has 1 aromatic heterocycles. The fourth-order valence-electron chi connectivity index (χ4n) is 2.14. The van der Waals surface area contributed by atoms with Gasteiger partial charge in [-0.15, -0.1) is 0 Å². The zero-order valence-corrected chi connectivity index (χ0v) is 12.5. The quantitative estimate of drug-likeness (QED) is 0.935. The van der Waals surface area contributed by atoms with Gasteiger partial charge >= 0.3 is 0 Å². The molecule has 1 amide bonds. The predicted octanol–water partition coefficient (Wildman–Crippen LogP) is 2.25. The van der Waals surface area contributed by atoms with Crippen LogP contribution < -0.4 is 10.5 Å². The van der Waals surface area contributed by atoms with Crippen LogP contribution in [0.3, 0.4) is 0 Å². The number of hydrogen-bond acceptors (Lipinski definition) is 4. The van der Waals surface area contributed by atoms with Crippen molar-refractivity contribution in [3.63, 3.8) is 0 Å². The van der Waals surface area contributed by atoms with Crippen LogP contribution in [0.5, 0.6) is 5.75 Å². The van der Waals surface area contributed by atoms with Gasteiger partial charge in [0.05, 0.1) is 12.8 Å². The molecule has 2 aromatic rings. The van der Waals surface area contributed by atoms with Crippen LogP contribution >= 0.6 is 0 Å². The minimum absolute atomic E-state index is 0.211. The maximum Gasteiger partial charge on any atom is 0.274 e. The van der Waals surface area contributed by atoms with Crippen molar-refractivity contribution < 1.29 is 9.53 Å². The van der Waals surface area contributed by atoms with E-state index >= 15 is 0 Å². The molecular weight excluding hydrogens is 266 g/mol. The fraction of sp³-hybridized carbons (Fsp3) is 0.250. The number of nitrogens with zero attached hydrogens (tertiary/aromatic N) is 2. The number of nitrogens with two attached hydrogens (primary N) is 1. The summed E-state index contributed by atoms with van der Waals surface area (Å²) in [6.45, 7) is 2.43. The van der Waals surface area contributed by atoms with Crippen molar-refractivity contribution in [3.8, 4) is 5.75 Å². The van der Waals surface area contributed by atoms with Crippen LogP contribution in [0, 0.1) is 6.92 Å². The Morgan fingerprint density at radius 3 is 2.81 bits per heavy atom. The Balaban J connectivity index is 2.22. The molecular formula is C16H19N3O2. The zero-order chi connectivity index (χ0) is 15.4. The van der Waals surface area contributed by atoms with E-state index in [2.05, 4.69) is 4.98 Å². The van der Waals surface area contributed by atoms with Crippen molar-refractivity contribution in [2.75, 3.05) is 19.9 Å². The van der Waals surface area contributed by atoms with Gasteiger partial charge in [0.1, 0.15) is 5.75 Å². The summed E-state index contributed by atoms with van der Waals surface area (Å²) in [6, 6.07) is 9.25. The molecule has 0 saturated carbocycles. The summed E-state index contributed by atoms with van der Waals surface area (Å²) >= 11 is 0. The molecule has 0 aliphatic heterocycles. The molecule has 1 aromatic carbocycles. The lowest BCUT2D eigenvalue weighted by atomic mass is 10.1. The number of methoxy groups -OCH3 is 1. The van der Waals surface area contributed by atoms with Crippen LogP contribution in [-0.4, -0.2) is 29.9 Å². The maximum atomic E-state index is 12.4. The van der Waals surface area contributed by atoms with Gasteiger partial charge in [-0.2, -0.15) is 0 Å². The summed E-state index contributed by atoms with van der Waals surface area (Å²) in [7, 11) is 3.34. The minimum atomic E-state index is -0.211. The van der Waals surface area contributed by atoms with E-state index in [1.165, 1.54) is 0 Å². The lowest BCUT2D eigenvalue weighted by molar-refractivity contribution is 0.0779. The van der Waals surface area contributed by atoms with Crippen LogP contribution in [0.2, 0.25) is 0 Å². The summed E-state index contributed by atoms with van der Waals surface area (Å²) in [6.07, 6.45) is 1.56. The monoisotopic (exact) mass is 285 g/mol. The van der Waals surface area contributed by atoms with Crippen molar-refractivity contribution in [2.24, 2.45) is 0 Å². The Labute approximate surface area is 124 Å². The third kappa shape index (κ3) is 3.31. The summed E-state index contributed by atoms with van der Waals surface area (Å²) in [5.41, 5.74) is 8.51. The Morgan fingerprint density at radius 2 is 2.14 bits per heavy atom. The highest BCUT2D eigenvalue weighted by atomic mass is 16.5. The summed E-state index contributed by atoms with van der Waals surface area (Å²) in [5.74, 6) is 0.547. The number of pyridine rings is 1. The zero-order valence-electron chi connectivity index (χ0n) is 12.5. The molecule has 1 heterocycles. The van der Waals surface area contributed by atoms with Gasteiger partial charge < -0.3 is 15.4 Å². The molecule has 2 N–H and O–H groups in total. The first-order valence-corrected chi connectivity index (χ1v) is 6.62. The standard InChI is InChI=1S/C16H19N3O2/c1-11-6-7-14(21-3)12(9-11)10-19(2)16(20)15-13(17)5-4-8-18-15/h4-9H,10,17H2,1-3H3. The van der Waals surface area contributed by atoms with Gasteiger partial charge in [-0.25, -0.2) is 4.98 Å². The van der Waals surface area contributed by atoms with Crippen LogP contribution in [0.25, 0.3) is 0 Å². The van der Waals surface area contributed by atoms with Crippen molar-refractivity contribution >= 4 is 11.6 Å². The number of aromatic nitrogens is 1. The van der Waals surface area contributed by atoms with E-state index in [1.807, 2.05) is 25.1 Å². The van der Waals surface area contributed by atoms with Gasteiger partial charge in [0, 0.05) is 25.4 Å². The number of ether oxygens (including phenoxy) is 1. The van der Waals surface area contributed by atoms with Gasteiger partial charge in [-0.05, 0) is 25.1 Å². The molecule has 0 spiro atoms. The van der Waals surface area contributed by atoms with Crippen LogP contribution in [-0.2, 0) is 6.54 Å². The smallest absolute Gasteiger partial charge is 0.274 e. The number of carbonyl (C=O) groups is 1. The second kappa shape index (κ2) is 6.26. The van der Waals surface area contributed by atoms with Crippen LogP contribution in [0.4, 0.5) is 5.69 Å². The molecule has 0 saturated heterocycles. The molecule has 5 heteroatoms. The Bertz CT molecular complexity index is 656. The van der Waals surface area contributed by atoms with E-state index in [0.29, 0.717) is 12.2 Å². The number of hydrogen-bond donors (Lipinski definition) is 1. The average molecular weight is 285 g/mol. The first-order chi connectivity index (χ1) is 10.0. The molecule has 0 fully saturated rings. The van der Waals surface area contributed by atoms with E-state index in [9.17, 15) is 4.79 Å². The number of carbonyl (C=O) groups excluding carboxylic acids is 1. The lowest BCUT2D eigenvalue weighted by Crippen LogP contribution is -2.28. The van der Waals surface area contributed by atoms with Crippen molar-refractivity contribution in [1.82, 2.24) is 9.88 Å². The number of benzene rings is 1. The van der Waals surface area contributed by atoms with Gasteiger partial charge in [-0.3, -0.25) is 4.79 Å². The first-order valence-electron chi connectivity index (χ1n) is 6.62. The minimum Gasteiger partial charge on any atom is -0.496 e. The second-order valence-electron chi connectivity index (χ2n) is 4.92. The number of nitrogen functional groups attached to an aromatic ring is 1. The molecule has 0 aliphatic rings. The highest BCUT2D eigenvalue weighted by Crippen LogP contribution is 2.22. The highest BCUT2D eigenvalue weighted by Gasteiger charge is 2.17. The number of anilines is 1. The fourth-order valence-corrected chi connectivity index (χ4v) is 2.14. The van der Waals surface area contributed by atoms with Gasteiger partial charge in [0.25, 0.3) is 5.91 Å². The van der Waals surface area contributed by atoms with E-state index < -0.39 is 0 Å². The van der Waals surface area contributed by atoms with Gasteiger partial charge in [0.15, 0.2) is 5.69 Å². The van der Waals surface area contributed by atoms with Crippen molar-refractivity contribution in [2.45, 2.75) is 13.5 Å². The normalized spacial score (nSPS) is 10.2. The number of aryl methyl sites for hydroxylation is 1. The number of rotatable bonds is 4. The molecule has 0 bridgehead atoms. The summed E-state index contributed by atoms with van der Waals surface area (Å²) < 4.78 is 5.33. The van der Waals surface area contributed by atoms with Crippen molar-refractivity contribution in [3.05, 3.63) is 53.3 Å². The molecule has 2 rings (SSSR count). The Hall–Kier alpha value is -2.56. The van der Waals surface area contributed by atoms with Crippen LogP contribution in [0.15, 0.2) is 36.5 Å². The molecule has 5 nitrogen and oxygen atoms in total. The predicted molar refractivity (Wildman–Crippen MR) is 82.2 cm³/mol. The van der Waals surface area contributed by atoms with Crippen LogP contribution in [0.1, 0.15) is 21.6 Å². The third-order valence-corrected chi connectivity index (χ3v) is 3.23. The highest BCUT2D eigenvalue weighted by molar-refractivity contribution is 5.96. The topological polar surface area (TPSA) is 68.5 Å². The van der Waals surface area contributed by atoms with Gasteiger partial charge in [0.2, 0.25) is 0 Å². The number of amides is 1. The van der Waals surface area contributed by atoms with Gasteiger partial charge in [-0.1, -0.05) is 17.7 Å². The molecule has 0 atom stereocenters. The van der Waals surface area contributed by atoms with E-state index in [0.717, 1.165) is 16.9 Å². The van der Waals surface area contributed by atoms with E-state index in [4.69, 9.17) is 10.5 Å². The molecule has 0 radical (unpaired) electrons. The Morgan fingerprint density at radius 1 is 1.38 bits per heavy atom. The molecule has 110 valence electrons. The largest absolute Gasteiger partial charge is 0.496 e. The van der Waals surface area contributed by atoms with E-state index in [1.54, 1.807) is 37.4 Å². The molecule has 0 unspecified atom stereocenters. The molecule has 21 heavy (non-hydrogen) atoms. The second-order valence-corrected chi connectivity index (χ2v) is 4.92. The maximum absolute atomic E-state index is 12.4. The first kappa shape index (κ1) is 14.8. The lowest BCUT2D eigenvalue weighted by Gasteiger charge is -2.19. The SMILES string of the molecule is COc1ccc(C)cc1CN(C)C(=O)c1ncccc1N. The average Bonchev–Trinajstić information content (AvgIpc) is 2.47. The van der Waals surface area contributed by atoms with Crippen molar-refractivity contribution in [1.29, 1.82) is 0 Å². The van der Waals surface area contributed by atoms with E-state index in [-0.39, 0.29) is 11.6 Å². The Kier molecular flexibility index (Phi) is 4.42. The summed E-state index contributed by atoms with van der Waals surface area (Å²) in [5, 5.41) is 0. The molecule has 0 aliphatic carbocycles. The summed E-state index contributed by atoms with van der Waals surface area (Å²) in [4.78, 5) is 18.0. The third-order valence-electron chi connectivity index (χ3n) is 3.23.